The quantitative estimate of drug-likeness (QED) is 0.661. The molecule has 0 unspecified atom stereocenters. The molecule has 0 bridgehead atoms. The fourth-order valence-corrected chi connectivity index (χ4v) is 2.36. The van der Waals surface area contributed by atoms with E-state index in [1.807, 2.05) is 0 Å². The Hall–Kier alpha value is -2.21. The van der Waals surface area contributed by atoms with Gasteiger partial charge in [-0.15, -0.1) is 0 Å². The fraction of sp³-hybridized carbons (Fsp3) is 0.357. The van der Waals surface area contributed by atoms with Gasteiger partial charge in [-0.25, -0.2) is 4.79 Å². The van der Waals surface area contributed by atoms with Gasteiger partial charge in [0.2, 0.25) is 6.79 Å². The van der Waals surface area contributed by atoms with Gasteiger partial charge in [-0.1, -0.05) is 6.58 Å². The van der Waals surface area contributed by atoms with Crippen molar-refractivity contribution in [3.8, 4) is 17.2 Å². The minimum atomic E-state index is -0.960. The summed E-state index contributed by atoms with van der Waals surface area (Å²) in [6.07, 6.45) is -0.960. The average Bonchev–Trinajstić information content (AvgIpc) is 3.04. The number of aliphatic hydroxyl groups is 1. The number of benzene rings is 1. The molecule has 20 heavy (non-hydrogen) atoms. The van der Waals surface area contributed by atoms with Gasteiger partial charge in [0.1, 0.15) is 12.4 Å². The standard InChI is InChI=1S/C14H14O6/c1-7-9(5-18-14(7)16)13(15)8-3-11-12(20-6-19-11)4-10(8)17-2/h3-4,9,13,15H,1,5-6H2,2H3/t9-,13-/m0/s1. The number of ether oxygens (including phenoxy) is 4. The molecule has 1 aromatic carbocycles. The maximum absolute atomic E-state index is 11.4. The molecule has 0 amide bonds. The lowest BCUT2D eigenvalue weighted by atomic mass is 9.91. The van der Waals surface area contributed by atoms with Crippen LogP contribution < -0.4 is 14.2 Å². The van der Waals surface area contributed by atoms with Gasteiger partial charge in [0.15, 0.2) is 11.5 Å². The number of cyclic esters (lactones) is 1. The highest BCUT2D eigenvalue weighted by atomic mass is 16.7. The maximum atomic E-state index is 11.4. The molecule has 0 radical (unpaired) electrons. The van der Waals surface area contributed by atoms with Crippen molar-refractivity contribution < 1.29 is 28.8 Å². The fourth-order valence-electron chi connectivity index (χ4n) is 2.36. The van der Waals surface area contributed by atoms with E-state index >= 15 is 0 Å². The molecule has 0 spiro atoms. The second-order valence-corrected chi connectivity index (χ2v) is 4.62. The summed E-state index contributed by atoms with van der Waals surface area (Å²) in [5.74, 6) is 0.602. The van der Waals surface area contributed by atoms with Crippen molar-refractivity contribution in [2.24, 2.45) is 5.92 Å². The van der Waals surface area contributed by atoms with Gasteiger partial charge in [0.25, 0.3) is 0 Å². The molecule has 1 saturated heterocycles. The molecule has 2 atom stereocenters. The normalized spacial score (nSPS) is 21.8. The summed E-state index contributed by atoms with van der Waals surface area (Å²) in [7, 11) is 1.50. The zero-order chi connectivity index (χ0) is 14.3. The Balaban J connectivity index is 1.97. The third kappa shape index (κ3) is 1.89. The molecular formula is C14H14O6. The first-order valence-corrected chi connectivity index (χ1v) is 6.13. The van der Waals surface area contributed by atoms with E-state index in [0.29, 0.717) is 22.8 Å². The predicted octanol–water partition coefficient (Wildman–Crippen LogP) is 1.19. The Kier molecular flexibility index (Phi) is 3.02. The van der Waals surface area contributed by atoms with Crippen molar-refractivity contribution in [2.75, 3.05) is 20.5 Å². The largest absolute Gasteiger partial charge is 0.496 e. The van der Waals surface area contributed by atoms with Crippen LogP contribution in [0.15, 0.2) is 24.3 Å². The molecule has 1 fully saturated rings. The Morgan fingerprint density at radius 3 is 2.65 bits per heavy atom. The third-order valence-electron chi connectivity index (χ3n) is 3.53. The van der Waals surface area contributed by atoms with Crippen LogP contribution in [-0.2, 0) is 9.53 Å². The average molecular weight is 278 g/mol. The number of aliphatic hydroxyl groups excluding tert-OH is 1. The van der Waals surface area contributed by atoms with Crippen LogP contribution in [0.3, 0.4) is 0 Å². The summed E-state index contributed by atoms with van der Waals surface area (Å²) in [6.45, 7) is 3.90. The van der Waals surface area contributed by atoms with Gasteiger partial charge in [0, 0.05) is 17.2 Å². The van der Waals surface area contributed by atoms with Gasteiger partial charge >= 0.3 is 5.97 Å². The molecule has 0 aromatic heterocycles. The molecule has 0 saturated carbocycles. The lowest BCUT2D eigenvalue weighted by molar-refractivity contribution is -0.135. The van der Waals surface area contributed by atoms with Crippen molar-refractivity contribution in [2.45, 2.75) is 6.10 Å². The first kappa shape index (κ1) is 12.8. The van der Waals surface area contributed by atoms with Crippen molar-refractivity contribution in [1.82, 2.24) is 0 Å². The van der Waals surface area contributed by atoms with Crippen LogP contribution in [0.1, 0.15) is 11.7 Å². The smallest absolute Gasteiger partial charge is 0.333 e. The Labute approximate surface area is 115 Å². The molecule has 2 heterocycles. The van der Waals surface area contributed by atoms with E-state index in [1.54, 1.807) is 12.1 Å². The first-order chi connectivity index (χ1) is 9.61. The highest BCUT2D eigenvalue weighted by Gasteiger charge is 2.37. The number of methoxy groups -OCH3 is 1. The van der Waals surface area contributed by atoms with E-state index in [2.05, 4.69) is 6.58 Å². The molecule has 2 aliphatic rings. The summed E-state index contributed by atoms with van der Waals surface area (Å²) in [6, 6.07) is 3.31. The maximum Gasteiger partial charge on any atom is 0.333 e. The Bertz CT molecular complexity index is 579. The van der Waals surface area contributed by atoms with Gasteiger partial charge in [-0.05, 0) is 6.07 Å². The number of fused-ring (bicyclic) bond motifs is 1. The van der Waals surface area contributed by atoms with Crippen LogP contribution in [0.25, 0.3) is 0 Å². The van der Waals surface area contributed by atoms with E-state index in [9.17, 15) is 9.90 Å². The first-order valence-electron chi connectivity index (χ1n) is 6.13. The van der Waals surface area contributed by atoms with Gasteiger partial charge in [-0.2, -0.15) is 0 Å². The highest BCUT2D eigenvalue weighted by Crippen LogP contribution is 2.43. The summed E-state index contributed by atoms with van der Waals surface area (Å²) in [4.78, 5) is 11.4. The van der Waals surface area contributed by atoms with E-state index in [1.165, 1.54) is 7.11 Å². The number of hydrogen-bond donors (Lipinski definition) is 1. The molecular weight excluding hydrogens is 264 g/mol. The van der Waals surface area contributed by atoms with Crippen LogP contribution in [0.4, 0.5) is 0 Å². The summed E-state index contributed by atoms with van der Waals surface area (Å²) >= 11 is 0. The molecule has 6 heteroatoms. The summed E-state index contributed by atoms with van der Waals surface area (Å²) in [5.41, 5.74) is 0.776. The number of hydrogen-bond acceptors (Lipinski definition) is 6. The molecule has 0 aliphatic carbocycles. The molecule has 6 nitrogen and oxygen atoms in total. The van der Waals surface area contributed by atoms with Gasteiger partial charge in [-0.3, -0.25) is 0 Å². The van der Waals surface area contributed by atoms with E-state index in [-0.39, 0.29) is 19.0 Å². The lowest BCUT2D eigenvalue weighted by Gasteiger charge is -2.19. The lowest BCUT2D eigenvalue weighted by Crippen LogP contribution is -2.15. The molecule has 106 valence electrons. The van der Waals surface area contributed by atoms with Crippen LogP contribution in [-0.4, -0.2) is 31.6 Å². The number of carbonyl (C=O) groups is 1. The van der Waals surface area contributed by atoms with Crippen LogP contribution in [0.2, 0.25) is 0 Å². The zero-order valence-corrected chi connectivity index (χ0v) is 10.9. The van der Waals surface area contributed by atoms with Crippen LogP contribution in [0.5, 0.6) is 17.2 Å². The minimum absolute atomic E-state index is 0.108. The highest BCUT2D eigenvalue weighted by molar-refractivity contribution is 5.90. The number of carbonyl (C=O) groups excluding carboxylic acids is 1. The third-order valence-corrected chi connectivity index (χ3v) is 3.53. The monoisotopic (exact) mass is 278 g/mol. The Morgan fingerprint density at radius 1 is 1.35 bits per heavy atom. The van der Waals surface area contributed by atoms with Crippen LogP contribution >= 0.6 is 0 Å². The van der Waals surface area contributed by atoms with E-state index in [0.717, 1.165) is 0 Å². The van der Waals surface area contributed by atoms with Crippen molar-refractivity contribution in [1.29, 1.82) is 0 Å². The topological polar surface area (TPSA) is 74.2 Å². The predicted molar refractivity (Wildman–Crippen MR) is 67.7 cm³/mol. The molecule has 3 rings (SSSR count). The summed E-state index contributed by atoms with van der Waals surface area (Å²) < 4.78 is 20.7. The summed E-state index contributed by atoms with van der Waals surface area (Å²) in [5, 5.41) is 10.5. The molecule has 1 aromatic rings. The second kappa shape index (κ2) is 4.72. The minimum Gasteiger partial charge on any atom is -0.496 e. The van der Waals surface area contributed by atoms with Crippen molar-refractivity contribution in [3.05, 3.63) is 29.8 Å². The second-order valence-electron chi connectivity index (χ2n) is 4.62. The van der Waals surface area contributed by atoms with Gasteiger partial charge in [0.05, 0.1) is 19.1 Å². The molecule has 1 N–H and O–H groups in total. The Morgan fingerprint density at radius 2 is 2.05 bits per heavy atom. The van der Waals surface area contributed by atoms with Crippen molar-refractivity contribution >= 4 is 5.97 Å². The number of esters is 1. The van der Waals surface area contributed by atoms with Crippen LogP contribution in [0, 0.1) is 5.92 Å². The molecule has 2 aliphatic heterocycles. The van der Waals surface area contributed by atoms with Crippen molar-refractivity contribution in [3.63, 3.8) is 0 Å². The van der Waals surface area contributed by atoms with Gasteiger partial charge < -0.3 is 24.1 Å². The zero-order valence-electron chi connectivity index (χ0n) is 10.9. The number of rotatable bonds is 3. The van der Waals surface area contributed by atoms with E-state index < -0.39 is 18.0 Å². The SMILES string of the molecule is C=C1C(=O)OC[C@@H]1[C@@H](O)c1cc2c(cc1OC)OCO2. The van der Waals surface area contributed by atoms with E-state index in [4.69, 9.17) is 18.9 Å².